The van der Waals surface area contributed by atoms with Gasteiger partial charge in [0.1, 0.15) is 0 Å². The molecule has 2 fully saturated rings. The van der Waals surface area contributed by atoms with Crippen molar-refractivity contribution in [3.05, 3.63) is 0 Å². The number of carbonyl (C=O) groups excluding carboxylic acids is 6. The van der Waals surface area contributed by atoms with E-state index in [4.69, 9.17) is 0 Å². The van der Waals surface area contributed by atoms with Gasteiger partial charge in [0.15, 0.2) is 0 Å². The van der Waals surface area contributed by atoms with Gasteiger partial charge in [-0.1, -0.05) is 21.6 Å². The second kappa shape index (κ2) is 8.54. The van der Waals surface area contributed by atoms with Gasteiger partial charge in [0.25, 0.3) is 0 Å². The van der Waals surface area contributed by atoms with Crippen LogP contribution < -0.4 is 10.2 Å². The SMILES string of the molecule is O=C([O-])C(CSSCC(C(=O)[O-])N1C(=O)CCC1=O)N1C(=O)CCC1=O. The van der Waals surface area contributed by atoms with Crippen LogP contribution in [-0.2, 0) is 28.8 Å². The van der Waals surface area contributed by atoms with E-state index in [1.807, 2.05) is 0 Å². The Bertz CT molecular complexity index is 579. The van der Waals surface area contributed by atoms with Crippen molar-refractivity contribution in [1.82, 2.24) is 9.80 Å². The maximum Gasteiger partial charge on any atom is 0.230 e. The lowest BCUT2D eigenvalue weighted by atomic mass is 10.3. The lowest BCUT2D eigenvalue weighted by Crippen LogP contribution is -2.52. The lowest BCUT2D eigenvalue weighted by Gasteiger charge is -2.28. The van der Waals surface area contributed by atoms with Crippen molar-refractivity contribution in [1.29, 1.82) is 0 Å². The normalized spacial score (nSPS) is 20.0. The summed E-state index contributed by atoms with van der Waals surface area (Å²) in [4.78, 5) is 70.3. The predicted molar refractivity (Wildman–Crippen MR) is 84.7 cm³/mol. The maximum absolute atomic E-state index is 11.6. The van der Waals surface area contributed by atoms with Gasteiger partial charge >= 0.3 is 0 Å². The third kappa shape index (κ3) is 4.36. The molecule has 0 N–H and O–H groups in total. The summed E-state index contributed by atoms with van der Waals surface area (Å²) < 4.78 is 0. The van der Waals surface area contributed by atoms with E-state index in [1.54, 1.807) is 0 Å². The zero-order valence-corrected chi connectivity index (χ0v) is 15.0. The Hall–Kier alpha value is -2.08. The third-order valence-electron chi connectivity index (χ3n) is 3.88. The van der Waals surface area contributed by atoms with E-state index in [2.05, 4.69) is 0 Å². The number of carbonyl (C=O) groups is 6. The topological polar surface area (TPSA) is 155 Å². The number of rotatable bonds is 9. The molecule has 12 heteroatoms. The molecule has 0 aromatic rings. The van der Waals surface area contributed by atoms with Gasteiger partial charge in [-0.3, -0.25) is 29.0 Å². The highest BCUT2D eigenvalue weighted by molar-refractivity contribution is 8.76. The van der Waals surface area contributed by atoms with Crippen LogP contribution in [0.2, 0.25) is 0 Å². The maximum atomic E-state index is 11.6. The van der Waals surface area contributed by atoms with Gasteiger partial charge in [0.2, 0.25) is 23.6 Å². The Balaban J connectivity index is 1.92. The summed E-state index contributed by atoms with van der Waals surface area (Å²) in [6.07, 6.45) is -0.253. The highest BCUT2D eigenvalue weighted by atomic mass is 33.1. The van der Waals surface area contributed by atoms with Crippen LogP contribution in [0.1, 0.15) is 25.7 Å². The van der Waals surface area contributed by atoms with E-state index in [0.717, 1.165) is 21.6 Å². The van der Waals surface area contributed by atoms with Crippen molar-refractivity contribution in [2.75, 3.05) is 11.5 Å². The lowest BCUT2D eigenvalue weighted by molar-refractivity contribution is -0.311. The Morgan fingerprint density at radius 2 is 1.00 bits per heavy atom. The Morgan fingerprint density at radius 3 is 1.23 bits per heavy atom. The molecule has 0 aromatic carbocycles. The van der Waals surface area contributed by atoms with Gasteiger partial charge in [-0.2, -0.15) is 0 Å². The van der Waals surface area contributed by atoms with Crippen LogP contribution in [0.3, 0.4) is 0 Å². The number of amides is 4. The molecule has 10 nitrogen and oxygen atoms in total. The summed E-state index contributed by atoms with van der Waals surface area (Å²) >= 11 is 0. The van der Waals surface area contributed by atoms with E-state index in [9.17, 15) is 39.0 Å². The summed E-state index contributed by atoms with van der Waals surface area (Å²) in [7, 11) is 1.79. The molecule has 2 rings (SSSR count). The molecule has 0 aromatic heterocycles. The number of nitrogens with zero attached hydrogens (tertiary/aromatic N) is 2. The first kappa shape index (κ1) is 20.2. The van der Waals surface area contributed by atoms with E-state index in [0.29, 0.717) is 9.80 Å². The number of aliphatic carboxylic acids is 2. The molecular weight excluding hydrogens is 388 g/mol. The molecule has 2 aliphatic heterocycles. The number of carboxylic acid groups (broad SMARTS) is 2. The number of hydrogen-bond acceptors (Lipinski definition) is 10. The first-order valence-electron chi connectivity index (χ1n) is 7.60. The molecule has 2 saturated heterocycles. The minimum atomic E-state index is -1.59. The van der Waals surface area contributed by atoms with Gasteiger partial charge in [-0.05, 0) is 0 Å². The van der Waals surface area contributed by atoms with E-state index in [1.165, 1.54) is 0 Å². The fourth-order valence-electron chi connectivity index (χ4n) is 2.60. The molecule has 0 saturated carbocycles. The standard InChI is InChI=1S/C14H16N2O8S2/c17-9-1-2-10(18)15(9)7(13(21)22)5-25-26-6-8(14(23)24)16-11(19)3-4-12(16)20/h7-8H,1-6H2,(H,21,22)(H,23,24)/p-2. The van der Waals surface area contributed by atoms with Crippen LogP contribution in [0.5, 0.6) is 0 Å². The molecule has 0 spiro atoms. The van der Waals surface area contributed by atoms with Crippen LogP contribution >= 0.6 is 21.6 Å². The average Bonchev–Trinajstić information content (AvgIpc) is 3.06. The van der Waals surface area contributed by atoms with Gasteiger partial charge in [-0.25, -0.2) is 0 Å². The molecule has 0 bridgehead atoms. The van der Waals surface area contributed by atoms with Crippen LogP contribution in [0.4, 0.5) is 0 Å². The molecular formula is C14H14N2O8S2-2. The van der Waals surface area contributed by atoms with Crippen LogP contribution in [0.25, 0.3) is 0 Å². The number of hydrogen-bond donors (Lipinski definition) is 0. The highest BCUT2D eigenvalue weighted by Gasteiger charge is 2.37. The fraction of sp³-hybridized carbons (Fsp3) is 0.571. The van der Waals surface area contributed by atoms with Crippen LogP contribution in [0, 0.1) is 0 Å². The Labute approximate surface area is 155 Å². The fourth-order valence-corrected chi connectivity index (χ4v) is 4.98. The summed E-state index contributed by atoms with van der Waals surface area (Å²) in [5, 5.41) is 22.5. The van der Waals surface area contributed by atoms with Gasteiger partial charge < -0.3 is 19.8 Å². The van der Waals surface area contributed by atoms with Crippen LogP contribution in [0.15, 0.2) is 0 Å². The highest BCUT2D eigenvalue weighted by Crippen LogP contribution is 2.28. The second-order valence-electron chi connectivity index (χ2n) is 5.55. The average molecular weight is 402 g/mol. The molecule has 2 heterocycles. The van der Waals surface area contributed by atoms with Crippen molar-refractivity contribution in [3.8, 4) is 0 Å². The minimum Gasteiger partial charge on any atom is -0.548 e. The van der Waals surface area contributed by atoms with Crippen molar-refractivity contribution < 1.29 is 39.0 Å². The summed E-state index contributed by atoms with van der Waals surface area (Å²) in [6.45, 7) is 0. The van der Waals surface area contributed by atoms with E-state index in [-0.39, 0.29) is 37.2 Å². The molecule has 2 unspecified atom stereocenters. The minimum absolute atomic E-state index is 0.0631. The van der Waals surface area contributed by atoms with Crippen molar-refractivity contribution in [2.24, 2.45) is 0 Å². The molecule has 26 heavy (non-hydrogen) atoms. The zero-order chi connectivity index (χ0) is 19.4. The predicted octanol–water partition coefficient (Wildman–Crippen LogP) is -3.10. The number of imide groups is 2. The number of carboxylic acids is 2. The summed E-state index contributed by atoms with van der Waals surface area (Å²) in [5.41, 5.74) is 0. The van der Waals surface area contributed by atoms with E-state index < -0.39 is 47.7 Å². The first-order valence-corrected chi connectivity index (χ1v) is 10.1. The Morgan fingerprint density at radius 1 is 0.731 bits per heavy atom. The second-order valence-corrected chi connectivity index (χ2v) is 8.11. The molecule has 0 radical (unpaired) electrons. The molecule has 2 aliphatic rings. The van der Waals surface area contributed by atoms with Gasteiger partial charge in [0, 0.05) is 37.2 Å². The summed E-state index contributed by atoms with van der Waals surface area (Å²) in [5.74, 6) is -6.03. The largest absolute Gasteiger partial charge is 0.548 e. The molecule has 4 amide bonds. The summed E-state index contributed by atoms with van der Waals surface area (Å²) in [6, 6.07) is -2.93. The molecule has 142 valence electrons. The van der Waals surface area contributed by atoms with Crippen molar-refractivity contribution in [3.63, 3.8) is 0 Å². The monoisotopic (exact) mass is 402 g/mol. The van der Waals surface area contributed by atoms with Gasteiger partial charge in [-0.15, -0.1) is 0 Å². The Kier molecular flexibility index (Phi) is 6.64. The molecule has 2 atom stereocenters. The van der Waals surface area contributed by atoms with Crippen molar-refractivity contribution >= 4 is 57.2 Å². The van der Waals surface area contributed by atoms with Crippen LogP contribution in [-0.4, -0.2) is 69.0 Å². The number of likely N-dealkylation sites (tertiary alicyclic amines) is 2. The quantitative estimate of drug-likeness (QED) is 0.220. The first-order chi connectivity index (χ1) is 12.2. The molecule has 0 aliphatic carbocycles. The third-order valence-corrected chi connectivity index (χ3v) is 6.27. The van der Waals surface area contributed by atoms with E-state index >= 15 is 0 Å². The van der Waals surface area contributed by atoms with Crippen molar-refractivity contribution in [2.45, 2.75) is 37.8 Å². The zero-order valence-electron chi connectivity index (χ0n) is 13.4. The van der Waals surface area contributed by atoms with Gasteiger partial charge in [0.05, 0.1) is 24.0 Å². The smallest absolute Gasteiger partial charge is 0.230 e.